The average molecular weight is 577 g/mol. The fraction of sp³-hybridized carbons (Fsp3) is 0.300. The zero-order valence-corrected chi connectivity index (χ0v) is 23.1. The molecular formula is C30H30F2N6O4. The van der Waals surface area contributed by atoms with Crippen molar-refractivity contribution in [1.29, 1.82) is 0 Å². The molecule has 2 aromatic carbocycles. The van der Waals surface area contributed by atoms with E-state index in [4.69, 9.17) is 4.52 Å². The number of rotatable bonds is 9. The number of benzene rings is 2. The highest BCUT2D eigenvalue weighted by Crippen LogP contribution is 2.32. The first kappa shape index (κ1) is 28.7. The minimum atomic E-state index is -1.23. The van der Waals surface area contributed by atoms with Gasteiger partial charge in [-0.25, -0.2) is 13.8 Å². The lowest BCUT2D eigenvalue weighted by atomic mass is 10.0. The van der Waals surface area contributed by atoms with Gasteiger partial charge < -0.3 is 25.0 Å². The molecule has 2 unspecified atom stereocenters. The Morgan fingerprint density at radius 2 is 1.90 bits per heavy atom. The quantitative estimate of drug-likeness (QED) is 0.271. The van der Waals surface area contributed by atoms with E-state index in [0.717, 1.165) is 30.5 Å². The van der Waals surface area contributed by atoms with E-state index in [1.54, 1.807) is 18.7 Å². The number of carbonyl (C=O) groups excluding carboxylic acids is 3. The van der Waals surface area contributed by atoms with Crippen LogP contribution < -0.4 is 10.6 Å². The summed E-state index contributed by atoms with van der Waals surface area (Å²) in [5, 5.41) is 9.10. The fourth-order valence-electron chi connectivity index (χ4n) is 5.08. The molecule has 0 aliphatic carbocycles. The molecule has 12 heteroatoms. The summed E-state index contributed by atoms with van der Waals surface area (Å²) in [6.45, 7) is 3.81. The molecule has 0 bridgehead atoms. The predicted molar refractivity (Wildman–Crippen MR) is 148 cm³/mol. The van der Waals surface area contributed by atoms with E-state index in [0.29, 0.717) is 23.8 Å². The number of hydrogen-bond acceptors (Lipinski definition) is 6. The van der Waals surface area contributed by atoms with Crippen LogP contribution in [0.5, 0.6) is 0 Å². The molecule has 5 rings (SSSR count). The first-order chi connectivity index (χ1) is 20.2. The molecule has 1 fully saturated rings. The minimum Gasteiger partial charge on any atom is -0.361 e. The fourth-order valence-corrected chi connectivity index (χ4v) is 5.08. The molecular weight excluding hydrogens is 546 g/mol. The standard InChI is InChI=1S/C30H30F2N6O4/c1-17-13-24(37-42-17)30(41)36-23(15-27(39)38-12-6-9-26(38)19-7-4-3-5-8-19)29(40)34-18(2)28-33-16-25(35-28)21-11-10-20(31)14-22(21)32/h3-5,7-8,10-11,13-14,16,18,23,26H,6,9,12,15H2,1-2H3,(H,33,35)(H,34,40)(H,36,41)/t18-,23?,26?/m0/s1. The number of hydrogen-bond donors (Lipinski definition) is 3. The van der Waals surface area contributed by atoms with Crippen LogP contribution in [0.4, 0.5) is 8.78 Å². The molecule has 218 valence electrons. The molecule has 4 aromatic rings. The van der Waals surface area contributed by atoms with Gasteiger partial charge in [-0.15, -0.1) is 0 Å². The zero-order chi connectivity index (χ0) is 29.8. The van der Waals surface area contributed by atoms with Crippen molar-refractivity contribution < 1.29 is 27.7 Å². The van der Waals surface area contributed by atoms with Crippen molar-refractivity contribution in [3.63, 3.8) is 0 Å². The summed E-state index contributed by atoms with van der Waals surface area (Å²) in [7, 11) is 0. The van der Waals surface area contributed by atoms with Crippen LogP contribution in [0.3, 0.4) is 0 Å². The third-order valence-electron chi connectivity index (χ3n) is 7.20. The number of aromatic amines is 1. The predicted octanol–water partition coefficient (Wildman–Crippen LogP) is 4.38. The SMILES string of the molecule is Cc1cc(C(=O)NC(CC(=O)N2CCCC2c2ccccc2)C(=O)N[C@@H](C)c2ncc(-c3ccc(F)cc3F)[nH]2)no1. The van der Waals surface area contributed by atoms with Crippen LogP contribution in [-0.4, -0.2) is 50.3 Å². The van der Waals surface area contributed by atoms with Crippen molar-refractivity contribution in [2.45, 2.75) is 51.2 Å². The van der Waals surface area contributed by atoms with Gasteiger partial charge in [-0.1, -0.05) is 35.5 Å². The van der Waals surface area contributed by atoms with E-state index in [1.165, 1.54) is 18.3 Å². The first-order valence-corrected chi connectivity index (χ1v) is 13.6. The van der Waals surface area contributed by atoms with Crippen LogP contribution in [0.1, 0.15) is 65.9 Å². The first-order valence-electron chi connectivity index (χ1n) is 13.6. The molecule has 3 N–H and O–H groups in total. The van der Waals surface area contributed by atoms with E-state index < -0.39 is 35.5 Å². The molecule has 3 heterocycles. The monoisotopic (exact) mass is 576 g/mol. The Labute approximate surface area is 240 Å². The van der Waals surface area contributed by atoms with Gasteiger partial charge in [-0.2, -0.15) is 0 Å². The minimum absolute atomic E-state index is 0.0221. The van der Waals surface area contributed by atoms with E-state index in [-0.39, 0.29) is 29.6 Å². The molecule has 3 atom stereocenters. The molecule has 0 spiro atoms. The van der Waals surface area contributed by atoms with Crippen molar-refractivity contribution in [3.8, 4) is 11.3 Å². The topological polar surface area (TPSA) is 133 Å². The van der Waals surface area contributed by atoms with Crippen LogP contribution in [-0.2, 0) is 9.59 Å². The second-order valence-corrected chi connectivity index (χ2v) is 10.2. The van der Waals surface area contributed by atoms with Crippen LogP contribution in [0.2, 0.25) is 0 Å². The van der Waals surface area contributed by atoms with Crippen molar-refractivity contribution in [3.05, 3.63) is 95.3 Å². The van der Waals surface area contributed by atoms with Crippen LogP contribution in [0.25, 0.3) is 11.3 Å². The van der Waals surface area contributed by atoms with Crippen molar-refractivity contribution in [1.82, 2.24) is 30.7 Å². The van der Waals surface area contributed by atoms with Crippen LogP contribution in [0.15, 0.2) is 65.3 Å². The number of aromatic nitrogens is 3. The second-order valence-electron chi connectivity index (χ2n) is 10.2. The lowest BCUT2D eigenvalue weighted by Crippen LogP contribution is -2.50. The summed E-state index contributed by atoms with van der Waals surface area (Å²) in [6.07, 6.45) is 2.71. The number of likely N-dealkylation sites (tertiary alicyclic amines) is 1. The second kappa shape index (κ2) is 12.3. The number of carbonyl (C=O) groups is 3. The average Bonchev–Trinajstić information content (AvgIpc) is 3.74. The summed E-state index contributed by atoms with van der Waals surface area (Å²) in [5.41, 5.74) is 1.40. The highest BCUT2D eigenvalue weighted by molar-refractivity contribution is 5.97. The number of nitrogens with one attached hydrogen (secondary N) is 3. The Bertz CT molecular complexity index is 1590. The van der Waals surface area contributed by atoms with Gasteiger partial charge in [-0.05, 0) is 44.4 Å². The molecule has 0 radical (unpaired) electrons. The number of nitrogens with zero attached hydrogens (tertiary/aromatic N) is 3. The van der Waals surface area contributed by atoms with Gasteiger partial charge in [-0.3, -0.25) is 14.4 Å². The maximum atomic E-state index is 14.3. The summed E-state index contributed by atoms with van der Waals surface area (Å²) in [5.74, 6) is -2.32. The third kappa shape index (κ3) is 6.37. The van der Waals surface area contributed by atoms with Gasteiger partial charge in [0.2, 0.25) is 11.8 Å². The van der Waals surface area contributed by atoms with E-state index in [2.05, 4.69) is 25.8 Å². The Morgan fingerprint density at radius 1 is 1.12 bits per heavy atom. The number of aryl methyl sites for hydroxylation is 1. The number of halogens is 2. The summed E-state index contributed by atoms with van der Waals surface area (Å²) in [4.78, 5) is 48.8. The van der Waals surface area contributed by atoms with E-state index in [1.807, 2.05) is 30.3 Å². The smallest absolute Gasteiger partial charge is 0.274 e. The molecule has 42 heavy (non-hydrogen) atoms. The maximum absolute atomic E-state index is 14.3. The molecule has 10 nitrogen and oxygen atoms in total. The van der Waals surface area contributed by atoms with Gasteiger partial charge in [0.15, 0.2) is 5.69 Å². The highest BCUT2D eigenvalue weighted by Gasteiger charge is 2.34. The molecule has 1 aliphatic rings. The zero-order valence-electron chi connectivity index (χ0n) is 23.1. The summed E-state index contributed by atoms with van der Waals surface area (Å²) < 4.78 is 32.6. The van der Waals surface area contributed by atoms with Gasteiger partial charge >= 0.3 is 0 Å². The van der Waals surface area contributed by atoms with Crippen molar-refractivity contribution in [2.24, 2.45) is 0 Å². The van der Waals surface area contributed by atoms with Crippen molar-refractivity contribution >= 4 is 17.7 Å². The number of amides is 3. The summed E-state index contributed by atoms with van der Waals surface area (Å²) >= 11 is 0. The van der Waals surface area contributed by atoms with Crippen LogP contribution >= 0.6 is 0 Å². The van der Waals surface area contributed by atoms with Gasteiger partial charge in [0, 0.05) is 24.2 Å². The lowest BCUT2D eigenvalue weighted by molar-refractivity contribution is -0.135. The van der Waals surface area contributed by atoms with Gasteiger partial charge in [0.25, 0.3) is 5.91 Å². The number of imidazole rings is 1. The Kier molecular flexibility index (Phi) is 8.41. The van der Waals surface area contributed by atoms with Gasteiger partial charge in [0.05, 0.1) is 30.4 Å². The number of H-pyrrole nitrogens is 1. The normalized spacial score (nSPS) is 16.2. The van der Waals surface area contributed by atoms with Crippen molar-refractivity contribution in [2.75, 3.05) is 6.54 Å². The molecule has 1 aliphatic heterocycles. The maximum Gasteiger partial charge on any atom is 0.274 e. The third-order valence-corrected chi connectivity index (χ3v) is 7.20. The molecule has 3 amide bonds. The Hall–Kier alpha value is -4.87. The molecule has 1 saturated heterocycles. The summed E-state index contributed by atoms with van der Waals surface area (Å²) in [6, 6.07) is 12.2. The van der Waals surface area contributed by atoms with Gasteiger partial charge in [0.1, 0.15) is 29.3 Å². The Morgan fingerprint density at radius 3 is 2.62 bits per heavy atom. The highest BCUT2D eigenvalue weighted by atomic mass is 19.1. The largest absolute Gasteiger partial charge is 0.361 e. The van der Waals surface area contributed by atoms with E-state index in [9.17, 15) is 23.2 Å². The molecule has 2 aromatic heterocycles. The lowest BCUT2D eigenvalue weighted by Gasteiger charge is -2.27. The van der Waals surface area contributed by atoms with E-state index >= 15 is 0 Å². The Balaban J connectivity index is 1.32. The molecule has 0 saturated carbocycles. The van der Waals surface area contributed by atoms with Crippen LogP contribution in [0, 0.1) is 18.6 Å².